The number of carboxylic acid groups (broad SMARTS) is 2. The molecule has 0 bridgehead atoms. The zero-order chi connectivity index (χ0) is 41.8. The third-order valence-electron chi connectivity index (χ3n) is 10.5. The highest BCUT2D eigenvalue weighted by Gasteiger charge is 2.40. The molecule has 2 unspecified atom stereocenters. The smallest absolute Gasteiger partial charge is 0.319 e. The van der Waals surface area contributed by atoms with Gasteiger partial charge in [-0.3, -0.25) is 23.4 Å². The van der Waals surface area contributed by atoms with E-state index in [1.165, 1.54) is 116 Å². The van der Waals surface area contributed by atoms with Gasteiger partial charge in [0.1, 0.15) is 6.54 Å². The number of carbonyl (C=O) groups is 4. The van der Waals surface area contributed by atoms with Crippen LogP contribution >= 0.6 is 0 Å². The summed E-state index contributed by atoms with van der Waals surface area (Å²) in [6.45, 7) is 3.98. The second-order valence-corrected chi connectivity index (χ2v) is 16.9. The van der Waals surface area contributed by atoms with Crippen LogP contribution in [0.3, 0.4) is 0 Å². The van der Waals surface area contributed by atoms with Crippen LogP contribution in [0.2, 0.25) is 0 Å². The van der Waals surface area contributed by atoms with Crippen molar-refractivity contribution in [1.29, 1.82) is 0 Å². The van der Waals surface area contributed by atoms with E-state index in [1.54, 1.807) is 7.05 Å². The summed E-state index contributed by atoms with van der Waals surface area (Å²) in [7, 11) is -1.95. The number of ketones is 2. The van der Waals surface area contributed by atoms with E-state index in [4.69, 9.17) is 0 Å². The zero-order valence-electron chi connectivity index (χ0n) is 35.2. The molecule has 0 aliphatic carbocycles. The van der Waals surface area contributed by atoms with Gasteiger partial charge in [-0.15, -0.1) is 0 Å². The van der Waals surface area contributed by atoms with E-state index in [-0.39, 0.29) is 55.1 Å². The highest BCUT2D eigenvalue weighted by Crippen LogP contribution is 2.20. The van der Waals surface area contributed by atoms with Gasteiger partial charge in [0.05, 0.1) is 33.9 Å². The molecule has 3 N–H and O–H groups in total. The number of carboxylic acids is 2. The van der Waals surface area contributed by atoms with Gasteiger partial charge in [0.15, 0.2) is 23.4 Å². The van der Waals surface area contributed by atoms with Crippen LogP contribution in [0.15, 0.2) is 0 Å². The number of unbranched alkanes of at least 4 members (excludes halogenated alkanes) is 24. The summed E-state index contributed by atoms with van der Waals surface area (Å²) in [5.74, 6) is -5.76. The molecule has 0 aromatic rings. The quantitative estimate of drug-likeness (QED) is 0.0176. The van der Waals surface area contributed by atoms with Crippen LogP contribution in [0.4, 0.5) is 0 Å². The molecule has 0 aromatic heterocycles. The lowest BCUT2D eigenvalue weighted by Gasteiger charge is -2.37. The number of aliphatic hydroxyl groups is 1. The van der Waals surface area contributed by atoms with Crippen LogP contribution in [-0.4, -0.2) is 96.7 Å². The molecule has 0 radical (unpaired) electrons. The van der Waals surface area contributed by atoms with Crippen LogP contribution in [0, 0.1) is 11.8 Å². The number of carbonyl (C=O) groups excluding carboxylic acids is 2. The molecule has 0 spiro atoms. The maximum atomic E-state index is 13.0. The summed E-state index contributed by atoms with van der Waals surface area (Å²) in [6.07, 6.45) is 31.0. The molecular weight excluding hydrogens is 727 g/mol. The highest BCUT2D eigenvalue weighted by atomic mass is 32.3. The fourth-order valence-corrected chi connectivity index (χ4v) is 7.00. The molecule has 0 rings (SSSR count). The number of hydrogen-bond acceptors (Lipinski definition) is 9. The number of quaternary nitrogens is 1. The molecule has 55 heavy (non-hydrogen) atoms. The number of aliphatic hydroxyl groups excluding tert-OH is 1. The maximum Gasteiger partial charge on any atom is 0.319 e. The molecule has 0 heterocycles. The predicted molar refractivity (Wildman–Crippen MR) is 217 cm³/mol. The van der Waals surface area contributed by atoms with E-state index in [9.17, 15) is 47.5 Å². The lowest BCUT2D eigenvalue weighted by Crippen LogP contribution is -2.56. The molecule has 0 saturated heterocycles. The second kappa shape index (κ2) is 36.4. The van der Waals surface area contributed by atoms with Crippen LogP contribution in [-0.2, 0) is 33.8 Å². The average Bonchev–Trinajstić information content (AvgIpc) is 3.13. The Morgan fingerprint density at radius 1 is 0.545 bits per heavy atom. The Morgan fingerprint density at radius 2 is 0.782 bits per heavy atom. The summed E-state index contributed by atoms with van der Waals surface area (Å²) in [5.41, 5.74) is 0. The molecule has 326 valence electrons. The second-order valence-electron chi connectivity index (χ2n) is 15.7. The van der Waals surface area contributed by atoms with Crippen molar-refractivity contribution < 1.29 is 56.1 Å². The topological polar surface area (TPSA) is 195 Å². The van der Waals surface area contributed by atoms with E-state index in [0.717, 1.165) is 45.6 Å². The first kappa shape index (κ1) is 55.2. The van der Waals surface area contributed by atoms with Gasteiger partial charge >= 0.3 is 11.9 Å². The molecule has 12 nitrogen and oxygen atoms in total. The Morgan fingerprint density at radius 3 is 0.982 bits per heavy atom. The lowest BCUT2D eigenvalue weighted by molar-refractivity contribution is -0.912. The van der Waals surface area contributed by atoms with E-state index >= 15 is 0 Å². The van der Waals surface area contributed by atoms with Crippen molar-refractivity contribution in [2.45, 2.75) is 194 Å². The first-order valence-corrected chi connectivity index (χ1v) is 23.0. The van der Waals surface area contributed by atoms with Crippen molar-refractivity contribution in [1.82, 2.24) is 0 Å². The Bertz CT molecular complexity index is 1020. The summed E-state index contributed by atoms with van der Waals surface area (Å²) in [5, 5.41) is 29.7. The predicted octanol–water partition coefficient (Wildman–Crippen LogP) is 9.02. The molecule has 0 aliphatic heterocycles. The Kier molecular flexibility index (Phi) is 36.5. The molecule has 0 amide bonds. The normalized spacial score (nSPS) is 13.7. The van der Waals surface area contributed by atoms with Gasteiger partial charge in [0.25, 0.3) is 0 Å². The van der Waals surface area contributed by atoms with Crippen molar-refractivity contribution in [3.63, 3.8) is 0 Å². The third kappa shape index (κ3) is 35.0. The molecule has 0 saturated carbocycles. The van der Waals surface area contributed by atoms with Crippen LogP contribution in [0.25, 0.3) is 0 Å². The van der Waals surface area contributed by atoms with Crippen molar-refractivity contribution in [2.75, 3.05) is 40.4 Å². The molecule has 0 aromatic carbocycles. The molecule has 13 heteroatoms. The minimum absolute atomic E-state index is 0.0750. The lowest BCUT2D eigenvalue weighted by atomic mass is 9.94. The molecule has 0 aliphatic rings. The van der Waals surface area contributed by atoms with Crippen LogP contribution < -0.4 is 0 Å². The van der Waals surface area contributed by atoms with Crippen molar-refractivity contribution in [2.24, 2.45) is 11.8 Å². The van der Waals surface area contributed by atoms with E-state index in [1.807, 2.05) is 0 Å². The Hall–Kier alpha value is -1.93. The number of likely N-dealkylation sites (N-methyl/N-ethyl adjacent to an activating group) is 1. The van der Waals surface area contributed by atoms with Gasteiger partial charge in [-0.1, -0.05) is 168 Å². The van der Waals surface area contributed by atoms with Gasteiger partial charge in [0, 0.05) is 12.8 Å². The standard InChI is InChI=1S/C41H77NO7.CH4O4S/c1-4-6-8-10-12-14-16-18-20-22-24-26-28-30-38(44)36(40(46)47)34-42(3,32-33-43)35-37(41(48)49)39(45)31-29-27-25-23-21-19-17-15-13-11-9-7-5-2;1-5-6(2,3)4/h36-37,43H,4-35H2,1-3H3,(H-,46,47,48,49);1H3,(H,2,3,4). The Labute approximate surface area is 335 Å². The maximum absolute atomic E-state index is 13.0. The van der Waals surface area contributed by atoms with Gasteiger partial charge < -0.3 is 24.4 Å². The van der Waals surface area contributed by atoms with Gasteiger partial charge in [-0.05, 0) is 12.8 Å². The summed E-state index contributed by atoms with van der Waals surface area (Å²) >= 11 is 0. The molecule has 2 atom stereocenters. The number of hydrogen-bond donors (Lipinski definition) is 3. The summed E-state index contributed by atoms with van der Waals surface area (Å²) < 4.78 is 30.9. The number of aliphatic carboxylic acids is 2. The molecular formula is C42H81NO11S. The van der Waals surface area contributed by atoms with E-state index in [0.29, 0.717) is 12.8 Å². The first-order chi connectivity index (χ1) is 26.2. The fraction of sp³-hybridized carbons (Fsp3) is 0.905. The SMILES string of the molecule is CCCCCCCCCCCCCCCC(=O)C(C[N+](C)(CCO)CC(C(=O)O)C(=O)CCCCCCCCCCCCCCC)C(=O)O.COS(=O)(=O)[O-]. The minimum Gasteiger partial charge on any atom is -0.726 e. The number of Topliss-reactive ketones (excluding diaryl/α,β-unsaturated/α-hetero) is 2. The molecule has 0 fully saturated rings. The van der Waals surface area contributed by atoms with Gasteiger partial charge in [-0.2, -0.15) is 0 Å². The van der Waals surface area contributed by atoms with E-state index in [2.05, 4.69) is 18.0 Å². The minimum atomic E-state index is -4.41. The summed E-state index contributed by atoms with van der Waals surface area (Å²) in [4.78, 5) is 50.4. The number of rotatable bonds is 39. The third-order valence-corrected chi connectivity index (χ3v) is 10.9. The highest BCUT2D eigenvalue weighted by molar-refractivity contribution is 7.80. The van der Waals surface area contributed by atoms with Crippen molar-refractivity contribution in [3.8, 4) is 0 Å². The van der Waals surface area contributed by atoms with E-state index < -0.39 is 34.2 Å². The largest absolute Gasteiger partial charge is 0.726 e. The summed E-state index contributed by atoms with van der Waals surface area (Å²) in [6, 6.07) is 0. The first-order valence-electron chi connectivity index (χ1n) is 21.6. The van der Waals surface area contributed by atoms with Gasteiger partial charge in [0.2, 0.25) is 10.4 Å². The zero-order valence-corrected chi connectivity index (χ0v) is 36.1. The van der Waals surface area contributed by atoms with Crippen LogP contribution in [0.5, 0.6) is 0 Å². The van der Waals surface area contributed by atoms with Crippen LogP contribution in [0.1, 0.15) is 194 Å². The number of nitrogens with zero attached hydrogens (tertiary/aromatic N) is 1. The van der Waals surface area contributed by atoms with Crippen molar-refractivity contribution in [3.05, 3.63) is 0 Å². The van der Waals surface area contributed by atoms with Crippen molar-refractivity contribution >= 4 is 33.9 Å². The Balaban J connectivity index is 0. The fourth-order valence-electron chi connectivity index (χ4n) is 7.00. The monoisotopic (exact) mass is 808 g/mol. The van der Waals surface area contributed by atoms with Gasteiger partial charge in [-0.25, -0.2) is 8.42 Å². The average molecular weight is 808 g/mol.